The first kappa shape index (κ1) is 14.3. The minimum Gasteiger partial charge on any atom is -0.310 e. The lowest BCUT2D eigenvalue weighted by Crippen LogP contribution is -2.17. The second kappa shape index (κ2) is 5.88. The number of nitrogens with zero attached hydrogens (tertiary/aromatic N) is 2. The molecule has 1 unspecified atom stereocenters. The number of nitrogens with one attached hydrogen (secondary N) is 1. The van der Waals surface area contributed by atoms with Crippen molar-refractivity contribution in [2.75, 3.05) is 6.54 Å². The van der Waals surface area contributed by atoms with E-state index in [0.29, 0.717) is 6.04 Å². The van der Waals surface area contributed by atoms with Crippen LogP contribution in [-0.2, 0) is 0 Å². The molecule has 1 atom stereocenters. The van der Waals surface area contributed by atoms with Gasteiger partial charge in [-0.2, -0.15) is 5.10 Å². The maximum Gasteiger partial charge on any atom is 0.0743 e. The van der Waals surface area contributed by atoms with Crippen molar-refractivity contribution in [2.45, 2.75) is 33.7 Å². The fourth-order valence-electron chi connectivity index (χ4n) is 2.22. The highest BCUT2D eigenvalue weighted by atomic mass is 79.9. The predicted octanol–water partition coefficient (Wildman–Crippen LogP) is 3.92. The number of hydrogen-bond donors (Lipinski definition) is 1. The van der Waals surface area contributed by atoms with E-state index in [1.165, 1.54) is 5.56 Å². The van der Waals surface area contributed by atoms with E-state index < -0.39 is 0 Å². The van der Waals surface area contributed by atoms with Crippen molar-refractivity contribution < 1.29 is 0 Å². The quantitative estimate of drug-likeness (QED) is 0.924. The van der Waals surface area contributed by atoms with Crippen LogP contribution < -0.4 is 5.32 Å². The topological polar surface area (TPSA) is 29.9 Å². The Kier molecular flexibility index (Phi) is 4.42. The van der Waals surface area contributed by atoms with Crippen LogP contribution in [0.3, 0.4) is 0 Å². The first-order valence-corrected chi connectivity index (χ1v) is 7.39. The number of hydrogen-bond acceptors (Lipinski definition) is 2. The molecule has 19 heavy (non-hydrogen) atoms. The Morgan fingerprint density at radius 1 is 1.37 bits per heavy atom. The molecule has 0 saturated carbocycles. The second-order valence-corrected chi connectivity index (χ2v) is 5.56. The van der Waals surface area contributed by atoms with Crippen molar-refractivity contribution >= 4 is 15.9 Å². The fraction of sp³-hybridized carbons (Fsp3) is 0.400. The monoisotopic (exact) mass is 321 g/mol. The van der Waals surface area contributed by atoms with Crippen molar-refractivity contribution in [2.24, 2.45) is 0 Å². The molecule has 0 aliphatic heterocycles. The number of benzene rings is 1. The standard InChI is InChI=1S/C15H20BrN3/c1-5-17-10(2)13-7-6-8-14(9-13)19-12(4)15(16)11(3)18-19/h6-10,17H,5H2,1-4H3. The predicted molar refractivity (Wildman–Crippen MR) is 82.8 cm³/mol. The lowest BCUT2D eigenvalue weighted by Gasteiger charge is -2.14. The van der Waals surface area contributed by atoms with Crippen LogP contribution in [0.25, 0.3) is 5.69 Å². The Hall–Kier alpha value is -1.13. The van der Waals surface area contributed by atoms with Crippen LogP contribution in [0, 0.1) is 13.8 Å². The largest absolute Gasteiger partial charge is 0.310 e. The van der Waals surface area contributed by atoms with Gasteiger partial charge in [-0.05, 0) is 60.9 Å². The molecule has 3 nitrogen and oxygen atoms in total. The molecule has 1 N–H and O–H groups in total. The Labute approximate surface area is 123 Å². The van der Waals surface area contributed by atoms with Crippen molar-refractivity contribution in [3.8, 4) is 5.69 Å². The molecule has 0 radical (unpaired) electrons. The van der Waals surface area contributed by atoms with Gasteiger partial charge in [0, 0.05) is 6.04 Å². The van der Waals surface area contributed by atoms with Crippen molar-refractivity contribution in [3.63, 3.8) is 0 Å². The van der Waals surface area contributed by atoms with E-state index in [1.807, 2.05) is 11.6 Å². The van der Waals surface area contributed by atoms with Crippen LogP contribution in [0.5, 0.6) is 0 Å². The third kappa shape index (κ3) is 2.90. The molecule has 1 heterocycles. The van der Waals surface area contributed by atoms with Crippen molar-refractivity contribution in [1.82, 2.24) is 15.1 Å². The third-order valence-electron chi connectivity index (χ3n) is 3.33. The van der Waals surface area contributed by atoms with Crippen LogP contribution in [-0.4, -0.2) is 16.3 Å². The van der Waals surface area contributed by atoms with Gasteiger partial charge in [-0.25, -0.2) is 4.68 Å². The first-order chi connectivity index (χ1) is 9.04. The molecule has 0 aliphatic rings. The first-order valence-electron chi connectivity index (χ1n) is 6.60. The van der Waals surface area contributed by atoms with E-state index in [2.05, 4.69) is 71.4 Å². The van der Waals surface area contributed by atoms with Gasteiger partial charge >= 0.3 is 0 Å². The highest BCUT2D eigenvalue weighted by Gasteiger charge is 2.11. The van der Waals surface area contributed by atoms with Crippen LogP contribution in [0.2, 0.25) is 0 Å². The summed E-state index contributed by atoms with van der Waals surface area (Å²) in [5.74, 6) is 0. The van der Waals surface area contributed by atoms with Crippen molar-refractivity contribution in [3.05, 3.63) is 45.7 Å². The highest BCUT2D eigenvalue weighted by molar-refractivity contribution is 9.10. The summed E-state index contributed by atoms with van der Waals surface area (Å²) in [7, 11) is 0. The van der Waals surface area contributed by atoms with Gasteiger partial charge in [0.1, 0.15) is 0 Å². The maximum absolute atomic E-state index is 4.58. The average Bonchev–Trinajstić information content (AvgIpc) is 2.67. The van der Waals surface area contributed by atoms with Gasteiger partial charge in [0.05, 0.1) is 21.5 Å². The van der Waals surface area contributed by atoms with Crippen LogP contribution >= 0.6 is 15.9 Å². The molecule has 2 rings (SSSR count). The highest BCUT2D eigenvalue weighted by Crippen LogP contribution is 2.24. The number of rotatable bonds is 4. The summed E-state index contributed by atoms with van der Waals surface area (Å²) in [6.07, 6.45) is 0. The van der Waals surface area contributed by atoms with Gasteiger partial charge in [0.25, 0.3) is 0 Å². The minimum atomic E-state index is 0.352. The zero-order chi connectivity index (χ0) is 14.0. The van der Waals surface area contributed by atoms with Crippen molar-refractivity contribution in [1.29, 1.82) is 0 Å². The van der Waals surface area contributed by atoms with Gasteiger partial charge in [-0.3, -0.25) is 0 Å². The van der Waals surface area contributed by atoms with E-state index in [0.717, 1.165) is 28.1 Å². The summed E-state index contributed by atoms with van der Waals surface area (Å²) >= 11 is 3.57. The van der Waals surface area contributed by atoms with Crippen LogP contribution in [0.1, 0.15) is 36.8 Å². The molecule has 0 bridgehead atoms. The van der Waals surface area contributed by atoms with E-state index >= 15 is 0 Å². The third-order valence-corrected chi connectivity index (χ3v) is 4.48. The van der Waals surface area contributed by atoms with Gasteiger partial charge < -0.3 is 5.32 Å². The smallest absolute Gasteiger partial charge is 0.0743 e. The summed E-state index contributed by atoms with van der Waals surface area (Å²) in [6.45, 7) is 9.36. The number of aromatic nitrogens is 2. The van der Waals surface area contributed by atoms with Gasteiger partial charge in [0.2, 0.25) is 0 Å². The number of halogens is 1. The molecule has 1 aromatic heterocycles. The molecule has 0 amide bonds. The maximum atomic E-state index is 4.58. The fourth-order valence-corrected chi connectivity index (χ4v) is 2.47. The summed E-state index contributed by atoms with van der Waals surface area (Å²) < 4.78 is 3.07. The summed E-state index contributed by atoms with van der Waals surface area (Å²) in [5, 5.41) is 8.01. The Bertz CT molecular complexity index is 575. The lowest BCUT2D eigenvalue weighted by atomic mass is 10.1. The van der Waals surface area contributed by atoms with E-state index in [1.54, 1.807) is 0 Å². The van der Waals surface area contributed by atoms with E-state index in [4.69, 9.17) is 0 Å². The van der Waals surface area contributed by atoms with Gasteiger partial charge in [-0.15, -0.1) is 0 Å². The molecule has 0 spiro atoms. The summed E-state index contributed by atoms with van der Waals surface area (Å²) in [5.41, 5.74) is 4.53. The molecular weight excluding hydrogens is 302 g/mol. The molecular formula is C15H20BrN3. The van der Waals surface area contributed by atoms with Gasteiger partial charge in [0.15, 0.2) is 0 Å². The lowest BCUT2D eigenvalue weighted by molar-refractivity contribution is 0.597. The minimum absolute atomic E-state index is 0.352. The Morgan fingerprint density at radius 3 is 2.68 bits per heavy atom. The van der Waals surface area contributed by atoms with E-state index in [9.17, 15) is 0 Å². The summed E-state index contributed by atoms with van der Waals surface area (Å²) in [4.78, 5) is 0. The molecule has 0 saturated heterocycles. The summed E-state index contributed by atoms with van der Waals surface area (Å²) in [6, 6.07) is 8.87. The zero-order valence-corrected chi connectivity index (χ0v) is 13.5. The Morgan fingerprint density at radius 2 is 2.11 bits per heavy atom. The molecule has 1 aromatic carbocycles. The molecule has 2 aromatic rings. The zero-order valence-electron chi connectivity index (χ0n) is 11.9. The Balaban J connectivity index is 2.40. The SMILES string of the molecule is CCNC(C)c1cccc(-n2nc(C)c(Br)c2C)c1. The van der Waals surface area contributed by atoms with Crippen LogP contribution in [0.4, 0.5) is 0 Å². The molecule has 4 heteroatoms. The normalized spacial score (nSPS) is 12.7. The van der Waals surface area contributed by atoms with Crippen LogP contribution in [0.15, 0.2) is 28.7 Å². The molecule has 0 fully saturated rings. The number of aryl methyl sites for hydroxylation is 1. The van der Waals surface area contributed by atoms with Gasteiger partial charge in [-0.1, -0.05) is 19.1 Å². The van der Waals surface area contributed by atoms with E-state index in [-0.39, 0.29) is 0 Å². The molecule has 102 valence electrons. The average molecular weight is 322 g/mol. The second-order valence-electron chi connectivity index (χ2n) is 4.77. The molecule has 0 aliphatic carbocycles.